The highest BCUT2D eigenvalue weighted by atomic mass is 32.2. The van der Waals surface area contributed by atoms with Gasteiger partial charge in [0.05, 0.1) is 11.1 Å². The Morgan fingerprint density at radius 2 is 2.04 bits per heavy atom. The summed E-state index contributed by atoms with van der Waals surface area (Å²) in [6, 6.07) is 5.86. The molecule has 3 aromatic heterocycles. The highest BCUT2D eigenvalue weighted by Gasteiger charge is 2.15. The molecule has 0 saturated carbocycles. The molecule has 4 aromatic rings. The van der Waals surface area contributed by atoms with E-state index in [0.29, 0.717) is 26.5 Å². The maximum Gasteiger partial charge on any atom is 0.319 e. The summed E-state index contributed by atoms with van der Waals surface area (Å²) >= 11 is 2.41. The number of imidazole rings is 1. The number of aromatic amines is 1. The number of benzene rings is 1. The molecule has 0 aliphatic carbocycles. The van der Waals surface area contributed by atoms with E-state index in [1.807, 2.05) is 0 Å². The van der Waals surface area contributed by atoms with Gasteiger partial charge in [-0.1, -0.05) is 23.9 Å². The van der Waals surface area contributed by atoms with Crippen molar-refractivity contribution >= 4 is 33.3 Å². The van der Waals surface area contributed by atoms with Gasteiger partial charge in [0.25, 0.3) is 5.56 Å². The van der Waals surface area contributed by atoms with Crippen molar-refractivity contribution in [3.63, 3.8) is 0 Å². The smallest absolute Gasteiger partial charge is 0.301 e. The average molecular weight is 408 g/mol. The normalized spacial score (nSPS) is 11.6. The Hall–Kier alpha value is -2.59. The maximum atomic E-state index is 13.1. The van der Waals surface area contributed by atoms with E-state index >= 15 is 0 Å². The number of thioether (sulfide) groups is 1. The van der Waals surface area contributed by atoms with Crippen molar-refractivity contribution in [3.05, 3.63) is 64.0 Å². The van der Waals surface area contributed by atoms with Crippen molar-refractivity contribution in [2.45, 2.75) is 17.5 Å². The number of thiophene rings is 1. The number of H-pyrrole nitrogens is 1. The van der Waals surface area contributed by atoms with Crippen molar-refractivity contribution in [2.75, 3.05) is 0 Å². The molecule has 3 heterocycles. The van der Waals surface area contributed by atoms with Gasteiger partial charge in [0, 0.05) is 23.3 Å². The number of hydrogen-bond donors (Lipinski definition) is 1. The molecule has 0 aliphatic rings. The first-order chi connectivity index (χ1) is 13.0. The second kappa shape index (κ2) is 7.20. The molecule has 27 heavy (non-hydrogen) atoms. The quantitative estimate of drug-likeness (QED) is 0.385. The fourth-order valence-electron chi connectivity index (χ4n) is 2.61. The van der Waals surface area contributed by atoms with E-state index in [2.05, 4.69) is 15.0 Å². The van der Waals surface area contributed by atoms with E-state index < -0.39 is 6.55 Å². The summed E-state index contributed by atoms with van der Waals surface area (Å²) in [5.74, 6) is -0.0239. The summed E-state index contributed by atoms with van der Waals surface area (Å²) in [7, 11) is 0. The van der Waals surface area contributed by atoms with E-state index in [-0.39, 0.29) is 23.0 Å². The Balaban J connectivity index is 1.64. The van der Waals surface area contributed by atoms with E-state index in [1.54, 1.807) is 17.5 Å². The molecular weight excluding hydrogens is 397 g/mol. The lowest BCUT2D eigenvalue weighted by atomic mass is 10.1. The summed E-state index contributed by atoms with van der Waals surface area (Å²) in [6.07, 6.45) is 2.50. The van der Waals surface area contributed by atoms with Crippen LogP contribution in [-0.4, -0.2) is 19.5 Å². The van der Waals surface area contributed by atoms with Gasteiger partial charge < -0.3 is 4.98 Å². The maximum absolute atomic E-state index is 13.1. The summed E-state index contributed by atoms with van der Waals surface area (Å²) in [5, 5.41) is 2.53. The van der Waals surface area contributed by atoms with Crippen LogP contribution in [0.5, 0.6) is 0 Å². The first-order valence-electron chi connectivity index (χ1n) is 7.73. The molecule has 0 fully saturated rings. The second-order valence-electron chi connectivity index (χ2n) is 5.52. The monoisotopic (exact) mass is 408 g/mol. The molecule has 0 aliphatic heterocycles. The molecule has 0 unspecified atom stereocenters. The van der Waals surface area contributed by atoms with E-state index in [9.17, 15) is 18.0 Å². The lowest BCUT2D eigenvalue weighted by Crippen LogP contribution is -2.09. The van der Waals surface area contributed by atoms with Crippen LogP contribution in [0, 0.1) is 5.82 Å². The predicted molar refractivity (Wildman–Crippen MR) is 98.7 cm³/mol. The highest BCUT2D eigenvalue weighted by Crippen LogP contribution is 2.32. The number of alkyl halides is 2. The van der Waals surface area contributed by atoms with Gasteiger partial charge >= 0.3 is 6.55 Å². The van der Waals surface area contributed by atoms with E-state index in [0.717, 1.165) is 16.3 Å². The van der Waals surface area contributed by atoms with Crippen LogP contribution in [0.1, 0.15) is 12.4 Å². The molecule has 4 rings (SSSR count). The van der Waals surface area contributed by atoms with Crippen LogP contribution in [0.2, 0.25) is 0 Å². The SMILES string of the molecule is O=c1[nH]c(SCc2nccn2C(F)F)nc2scc(-c3ccc(F)cc3)c12. The Bertz CT molecular complexity index is 1150. The van der Waals surface area contributed by atoms with Crippen LogP contribution < -0.4 is 5.56 Å². The zero-order valence-electron chi connectivity index (χ0n) is 13.5. The number of aromatic nitrogens is 4. The van der Waals surface area contributed by atoms with Crippen molar-refractivity contribution < 1.29 is 13.2 Å². The van der Waals surface area contributed by atoms with Gasteiger partial charge in [-0.05, 0) is 17.7 Å². The second-order valence-corrected chi connectivity index (χ2v) is 7.35. The standard InChI is InChI=1S/C17H11F3N4OS2/c18-10-3-1-9(2-4-10)11-7-26-15-13(11)14(25)22-17(23-15)27-8-12-21-5-6-24(12)16(19)20/h1-7,16H,8H2,(H,22,23,25). The topological polar surface area (TPSA) is 63.6 Å². The molecule has 10 heteroatoms. The molecule has 5 nitrogen and oxygen atoms in total. The molecule has 0 radical (unpaired) electrons. The van der Waals surface area contributed by atoms with Gasteiger partial charge in [-0.2, -0.15) is 8.78 Å². The lowest BCUT2D eigenvalue weighted by molar-refractivity contribution is 0.0678. The van der Waals surface area contributed by atoms with Crippen LogP contribution in [0.15, 0.2) is 52.0 Å². The predicted octanol–water partition coefficient (Wildman–Crippen LogP) is 4.67. The molecule has 0 amide bonds. The third kappa shape index (κ3) is 3.50. The zero-order valence-corrected chi connectivity index (χ0v) is 15.2. The highest BCUT2D eigenvalue weighted by molar-refractivity contribution is 7.98. The molecule has 138 valence electrons. The van der Waals surface area contributed by atoms with Crippen LogP contribution in [0.3, 0.4) is 0 Å². The van der Waals surface area contributed by atoms with Crippen molar-refractivity contribution in [3.8, 4) is 11.1 Å². The Kier molecular flexibility index (Phi) is 4.75. The molecule has 0 spiro atoms. The Morgan fingerprint density at radius 1 is 1.26 bits per heavy atom. The van der Waals surface area contributed by atoms with Crippen LogP contribution >= 0.6 is 23.1 Å². The number of nitrogens with zero attached hydrogens (tertiary/aromatic N) is 3. The summed E-state index contributed by atoms with van der Waals surface area (Å²) < 4.78 is 39.6. The average Bonchev–Trinajstić information content (AvgIpc) is 3.27. The lowest BCUT2D eigenvalue weighted by Gasteiger charge is -2.06. The minimum Gasteiger partial charge on any atom is -0.301 e. The number of halogens is 3. The van der Waals surface area contributed by atoms with Gasteiger partial charge in [0.1, 0.15) is 16.5 Å². The van der Waals surface area contributed by atoms with Gasteiger partial charge in [-0.25, -0.2) is 14.4 Å². The van der Waals surface area contributed by atoms with Crippen molar-refractivity contribution in [1.29, 1.82) is 0 Å². The van der Waals surface area contributed by atoms with E-state index in [4.69, 9.17) is 0 Å². The number of fused-ring (bicyclic) bond motifs is 1. The third-order valence-corrected chi connectivity index (χ3v) is 5.62. The zero-order chi connectivity index (χ0) is 19.0. The summed E-state index contributed by atoms with van der Waals surface area (Å²) in [5.41, 5.74) is 1.06. The first kappa shape index (κ1) is 17.8. The van der Waals surface area contributed by atoms with Crippen LogP contribution in [0.4, 0.5) is 13.2 Å². The van der Waals surface area contributed by atoms with Crippen LogP contribution in [-0.2, 0) is 5.75 Å². The number of hydrogen-bond acceptors (Lipinski definition) is 5. The Morgan fingerprint density at radius 3 is 2.78 bits per heavy atom. The summed E-state index contributed by atoms with van der Waals surface area (Å²) in [4.78, 5) is 24.0. The molecule has 0 atom stereocenters. The van der Waals surface area contributed by atoms with Crippen LogP contribution in [0.25, 0.3) is 21.3 Å². The fraction of sp³-hybridized carbons (Fsp3) is 0.118. The van der Waals surface area contributed by atoms with Gasteiger partial charge in [-0.15, -0.1) is 11.3 Å². The third-order valence-electron chi connectivity index (χ3n) is 3.87. The molecule has 0 saturated heterocycles. The Labute approximate surface area is 158 Å². The van der Waals surface area contributed by atoms with Gasteiger partial charge in [0.15, 0.2) is 5.16 Å². The minimum absolute atomic E-state index is 0.141. The van der Waals surface area contributed by atoms with Crippen molar-refractivity contribution in [2.24, 2.45) is 0 Å². The largest absolute Gasteiger partial charge is 0.319 e. The van der Waals surface area contributed by atoms with E-state index in [1.165, 1.54) is 35.9 Å². The van der Waals surface area contributed by atoms with Crippen molar-refractivity contribution in [1.82, 2.24) is 19.5 Å². The number of nitrogens with one attached hydrogen (secondary N) is 1. The van der Waals surface area contributed by atoms with Gasteiger partial charge in [-0.3, -0.25) is 9.36 Å². The minimum atomic E-state index is -2.67. The molecule has 1 N–H and O–H groups in total. The fourth-order valence-corrected chi connectivity index (χ4v) is 4.42. The first-order valence-corrected chi connectivity index (χ1v) is 9.59. The van der Waals surface area contributed by atoms with Gasteiger partial charge in [0.2, 0.25) is 0 Å². The molecule has 1 aromatic carbocycles. The molecular formula is C17H11F3N4OS2. The molecule has 0 bridgehead atoms. The summed E-state index contributed by atoms with van der Waals surface area (Å²) in [6.45, 7) is -2.67. The number of rotatable bonds is 5.